The van der Waals surface area contributed by atoms with Crippen molar-refractivity contribution in [2.75, 3.05) is 6.61 Å². The third-order valence-corrected chi connectivity index (χ3v) is 2.63. The summed E-state index contributed by atoms with van der Waals surface area (Å²) in [6, 6.07) is 0. The second kappa shape index (κ2) is 6.67. The van der Waals surface area contributed by atoms with Crippen molar-refractivity contribution in [1.82, 2.24) is 0 Å². The zero-order chi connectivity index (χ0) is 11.9. The van der Waals surface area contributed by atoms with Crippen molar-refractivity contribution in [1.29, 1.82) is 0 Å². The summed E-state index contributed by atoms with van der Waals surface area (Å²) in [5.41, 5.74) is 5.27. The number of ether oxygens (including phenoxy) is 1. The Balaban J connectivity index is 3.85. The summed E-state index contributed by atoms with van der Waals surface area (Å²) in [6.45, 7) is 8.73. The van der Waals surface area contributed by atoms with Crippen molar-refractivity contribution < 1.29 is 9.94 Å². The monoisotopic (exact) mass is 216 g/mol. The number of hydrogen-bond acceptors (Lipinski definition) is 3. The first-order valence-electron chi connectivity index (χ1n) is 5.53. The van der Waals surface area contributed by atoms with Crippen molar-refractivity contribution in [3.8, 4) is 0 Å². The van der Waals surface area contributed by atoms with Crippen molar-refractivity contribution in [3.63, 3.8) is 0 Å². The van der Waals surface area contributed by atoms with Crippen LogP contribution >= 0.6 is 0 Å². The van der Waals surface area contributed by atoms with E-state index in [2.05, 4.69) is 19.0 Å². The van der Waals surface area contributed by atoms with Gasteiger partial charge in [0.1, 0.15) is 5.84 Å². The lowest BCUT2D eigenvalue weighted by Crippen LogP contribution is -2.33. The van der Waals surface area contributed by atoms with Gasteiger partial charge < -0.3 is 15.7 Å². The maximum absolute atomic E-state index is 8.59. The molecule has 4 nitrogen and oxygen atoms in total. The van der Waals surface area contributed by atoms with E-state index < -0.39 is 0 Å². The highest BCUT2D eigenvalue weighted by Gasteiger charge is 2.23. The highest BCUT2D eigenvalue weighted by Crippen LogP contribution is 2.20. The number of oxime groups is 1. The quantitative estimate of drug-likeness (QED) is 0.297. The van der Waals surface area contributed by atoms with Gasteiger partial charge in [-0.3, -0.25) is 0 Å². The molecule has 0 rings (SSSR count). The molecule has 90 valence electrons. The zero-order valence-corrected chi connectivity index (χ0v) is 10.3. The Labute approximate surface area is 92.5 Å². The van der Waals surface area contributed by atoms with Crippen molar-refractivity contribution in [3.05, 3.63) is 0 Å². The Bertz CT molecular complexity index is 203. The molecule has 0 aliphatic carbocycles. The minimum Gasteiger partial charge on any atom is -0.409 e. The van der Waals surface area contributed by atoms with Crippen LogP contribution in [0.3, 0.4) is 0 Å². The Morgan fingerprint density at radius 3 is 2.60 bits per heavy atom. The van der Waals surface area contributed by atoms with Crippen LogP contribution in [0.1, 0.15) is 47.0 Å². The van der Waals surface area contributed by atoms with E-state index in [0.29, 0.717) is 6.61 Å². The summed E-state index contributed by atoms with van der Waals surface area (Å²) in [5.74, 6) is 0.259. The minimum atomic E-state index is -0.305. The molecule has 0 aromatic carbocycles. The van der Waals surface area contributed by atoms with Gasteiger partial charge in [0, 0.05) is 12.0 Å². The third kappa shape index (κ3) is 5.62. The van der Waals surface area contributed by atoms with Crippen molar-refractivity contribution in [2.24, 2.45) is 16.3 Å². The van der Waals surface area contributed by atoms with E-state index in [-0.39, 0.29) is 17.4 Å². The predicted molar refractivity (Wildman–Crippen MR) is 62.1 cm³/mol. The van der Waals surface area contributed by atoms with Crippen molar-refractivity contribution >= 4 is 5.84 Å². The van der Waals surface area contributed by atoms with Crippen LogP contribution in [-0.2, 0) is 4.74 Å². The first kappa shape index (κ1) is 14.2. The second-order valence-electron chi connectivity index (χ2n) is 4.59. The molecule has 15 heavy (non-hydrogen) atoms. The van der Waals surface area contributed by atoms with Gasteiger partial charge in [-0.05, 0) is 19.8 Å². The van der Waals surface area contributed by atoms with Crippen LogP contribution in [0.4, 0.5) is 0 Å². The fraction of sp³-hybridized carbons (Fsp3) is 0.909. The number of nitrogens with two attached hydrogens (primary N) is 1. The molecule has 1 atom stereocenters. The average Bonchev–Trinajstić information content (AvgIpc) is 2.16. The van der Waals surface area contributed by atoms with Gasteiger partial charge in [-0.2, -0.15) is 0 Å². The van der Waals surface area contributed by atoms with Gasteiger partial charge in [0.25, 0.3) is 0 Å². The molecule has 4 heteroatoms. The van der Waals surface area contributed by atoms with Crippen LogP contribution in [0, 0.1) is 5.41 Å². The highest BCUT2D eigenvalue weighted by atomic mass is 16.5. The topological polar surface area (TPSA) is 67.8 Å². The smallest absolute Gasteiger partial charge is 0.144 e. The SMILES string of the molecule is CCCC(C)OCCC(C)(C)C(N)=NO. The van der Waals surface area contributed by atoms with Crippen LogP contribution in [0.15, 0.2) is 5.16 Å². The summed E-state index contributed by atoms with van der Waals surface area (Å²) >= 11 is 0. The number of rotatable bonds is 7. The molecule has 0 aromatic rings. The lowest BCUT2D eigenvalue weighted by Gasteiger charge is -2.23. The molecule has 0 spiro atoms. The van der Waals surface area contributed by atoms with E-state index in [1.165, 1.54) is 0 Å². The summed E-state index contributed by atoms with van der Waals surface area (Å²) in [5, 5.41) is 11.6. The molecular weight excluding hydrogens is 192 g/mol. The van der Waals surface area contributed by atoms with Gasteiger partial charge in [-0.25, -0.2) is 0 Å². The van der Waals surface area contributed by atoms with Crippen LogP contribution < -0.4 is 5.73 Å². The van der Waals surface area contributed by atoms with Gasteiger partial charge in [0.05, 0.1) is 6.10 Å². The highest BCUT2D eigenvalue weighted by molar-refractivity contribution is 5.85. The van der Waals surface area contributed by atoms with Gasteiger partial charge in [-0.1, -0.05) is 32.3 Å². The Morgan fingerprint density at radius 1 is 1.53 bits per heavy atom. The van der Waals surface area contributed by atoms with Gasteiger partial charge in [-0.15, -0.1) is 0 Å². The molecule has 3 N–H and O–H groups in total. The molecule has 0 aromatic heterocycles. The minimum absolute atomic E-state index is 0.259. The Kier molecular flexibility index (Phi) is 6.32. The van der Waals surface area contributed by atoms with Gasteiger partial charge in [0.2, 0.25) is 0 Å². The molecule has 0 aliphatic heterocycles. The lowest BCUT2D eigenvalue weighted by atomic mass is 9.88. The number of nitrogens with zero attached hydrogens (tertiary/aromatic N) is 1. The van der Waals surface area contributed by atoms with Crippen molar-refractivity contribution in [2.45, 2.75) is 53.1 Å². The van der Waals surface area contributed by atoms with E-state index in [1.54, 1.807) is 0 Å². The van der Waals surface area contributed by atoms with Gasteiger partial charge >= 0.3 is 0 Å². The summed E-state index contributed by atoms with van der Waals surface area (Å²) in [6.07, 6.45) is 3.25. The number of hydrogen-bond donors (Lipinski definition) is 2. The normalized spacial score (nSPS) is 15.3. The molecule has 0 aliphatic rings. The summed E-state index contributed by atoms with van der Waals surface area (Å²) in [4.78, 5) is 0. The molecule has 0 amide bonds. The molecule has 0 fully saturated rings. The van der Waals surface area contributed by atoms with E-state index in [4.69, 9.17) is 15.7 Å². The van der Waals surface area contributed by atoms with Crippen LogP contribution in [0.2, 0.25) is 0 Å². The average molecular weight is 216 g/mol. The maximum Gasteiger partial charge on any atom is 0.144 e. The first-order chi connectivity index (χ1) is 6.94. The summed E-state index contributed by atoms with van der Waals surface area (Å²) < 4.78 is 5.62. The molecule has 0 bridgehead atoms. The maximum atomic E-state index is 8.59. The van der Waals surface area contributed by atoms with Gasteiger partial charge in [0.15, 0.2) is 0 Å². The molecular formula is C11H24N2O2. The Hall–Kier alpha value is -0.770. The van der Waals surface area contributed by atoms with Crippen LogP contribution in [0.25, 0.3) is 0 Å². The largest absolute Gasteiger partial charge is 0.409 e. The van der Waals surface area contributed by atoms with E-state index in [1.807, 2.05) is 13.8 Å². The van der Waals surface area contributed by atoms with Crippen LogP contribution in [0.5, 0.6) is 0 Å². The predicted octanol–water partition coefficient (Wildman–Crippen LogP) is 2.35. The Morgan fingerprint density at radius 2 is 2.13 bits per heavy atom. The zero-order valence-electron chi connectivity index (χ0n) is 10.3. The fourth-order valence-electron chi connectivity index (χ4n) is 1.27. The second-order valence-corrected chi connectivity index (χ2v) is 4.59. The molecule has 0 saturated heterocycles. The molecule has 0 saturated carbocycles. The van der Waals surface area contributed by atoms with E-state index in [9.17, 15) is 0 Å². The number of amidine groups is 1. The van der Waals surface area contributed by atoms with E-state index >= 15 is 0 Å². The lowest BCUT2D eigenvalue weighted by molar-refractivity contribution is 0.0483. The first-order valence-corrected chi connectivity index (χ1v) is 5.53. The molecule has 0 heterocycles. The summed E-state index contributed by atoms with van der Waals surface area (Å²) in [7, 11) is 0. The molecule has 1 unspecified atom stereocenters. The van der Waals surface area contributed by atoms with Crippen LogP contribution in [-0.4, -0.2) is 23.8 Å². The standard InChI is InChI=1S/C11H24N2O2/c1-5-6-9(2)15-8-7-11(3,4)10(12)13-14/h9,14H,5-8H2,1-4H3,(H2,12,13). The van der Waals surface area contributed by atoms with E-state index in [0.717, 1.165) is 19.3 Å². The third-order valence-electron chi connectivity index (χ3n) is 2.63. The fourth-order valence-corrected chi connectivity index (χ4v) is 1.27. The molecule has 0 radical (unpaired) electrons.